The number of benzene rings is 1. The van der Waals surface area contributed by atoms with Crippen LogP contribution in [-0.4, -0.2) is 34.1 Å². The Balaban J connectivity index is 1.44. The first-order chi connectivity index (χ1) is 12.7. The predicted molar refractivity (Wildman–Crippen MR) is 99.5 cm³/mol. The van der Waals surface area contributed by atoms with Crippen LogP contribution in [-0.2, 0) is 0 Å². The van der Waals surface area contributed by atoms with Crippen LogP contribution in [0.25, 0.3) is 0 Å². The van der Waals surface area contributed by atoms with Gasteiger partial charge in [-0.25, -0.2) is 0 Å². The molecular formula is C20H24ClN3O2. The molecule has 5 nitrogen and oxygen atoms in total. The van der Waals surface area contributed by atoms with Crippen LogP contribution in [0.2, 0.25) is 5.02 Å². The Morgan fingerprint density at radius 3 is 2.35 bits per heavy atom. The minimum Gasteiger partial charge on any atom is -0.425 e. The molecule has 1 atom stereocenters. The lowest BCUT2D eigenvalue weighted by Crippen LogP contribution is -2.39. The van der Waals surface area contributed by atoms with Gasteiger partial charge in [0.1, 0.15) is 0 Å². The zero-order valence-electron chi connectivity index (χ0n) is 14.9. The molecule has 1 aliphatic carbocycles. The van der Waals surface area contributed by atoms with Gasteiger partial charge >= 0.3 is 0 Å². The summed E-state index contributed by atoms with van der Waals surface area (Å²) in [6, 6.07) is 7.07. The molecule has 2 heterocycles. The van der Waals surface area contributed by atoms with Crippen molar-refractivity contribution in [2.24, 2.45) is 0 Å². The van der Waals surface area contributed by atoms with Crippen molar-refractivity contribution in [3.63, 3.8) is 0 Å². The van der Waals surface area contributed by atoms with E-state index in [1.807, 2.05) is 4.90 Å². The summed E-state index contributed by atoms with van der Waals surface area (Å²) >= 11 is 5.92. The van der Waals surface area contributed by atoms with Crippen molar-refractivity contribution in [2.45, 2.75) is 56.8 Å². The van der Waals surface area contributed by atoms with Crippen molar-refractivity contribution in [2.75, 3.05) is 13.1 Å². The van der Waals surface area contributed by atoms with Crippen LogP contribution in [0.3, 0.4) is 0 Å². The third kappa shape index (κ3) is 3.78. The van der Waals surface area contributed by atoms with E-state index in [9.17, 15) is 4.79 Å². The molecule has 1 saturated heterocycles. The number of aromatic nitrogens is 2. The Hall–Kier alpha value is -1.88. The van der Waals surface area contributed by atoms with Gasteiger partial charge in [-0.05, 0) is 49.9 Å². The van der Waals surface area contributed by atoms with Gasteiger partial charge in [0.2, 0.25) is 11.8 Å². The number of hydrogen-bond acceptors (Lipinski definition) is 4. The molecule has 1 aromatic carbocycles. The first-order valence-corrected chi connectivity index (χ1v) is 9.96. The zero-order chi connectivity index (χ0) is 17.9. The molecule has 6 heteroatoms. The molecule has 4 rings (SSSR count). The topological polar surface area (TPSA) is 59.2 Å². The molecular weight excluding hydrogens is 350 g/mol. The van der Waals surface area contributed by atoms with E-state index in [0.717, 1.165) is 38.1 Å². The molecule has 0 bridgehead atoms. The van der Waals surface area contributed by atoms with Crippen molar-refractivity contribution in [1.29, 1.82) is 0 Å². The number of likely N-dealkylation sites (tertiary alicyclic amines) is 1. The fraction of sp³-hybridized carbons (Fsp3) is 0.550. The molecule has 1 saturated carbocycles. The molecule has 0 N–H and O–H groups in total. The number of rotatable bonds is 3. The fourth-order valence-corrected chi connectivity index (χ4v) is 4.19. The van der Waals surface area contributed by atoms with Crippen LogP contribution in [0.15, 0.2) is 28.7 Å². The summed E-state index contributed by atoms with van der Waals surface area (Å²) in [6.45, 7) is 1.40. The number of hydrogen-bond donors (Lipinski definition) is 0. The average molecular weight is 374 g/mol. The maximum Gasteiger partial charge on any atom is 0.253 e. The second-order valence-corrected chi connectivity index (χ2v) is 7.85. The quantitative estimate of drug-likeness (QED) is 0.776. The van der Waals surface area contributed by atoms with E-state index in [0.29, 0.717) is 28.9 Å². The van der Waals surface area contributed by atoms with Gasteiger partial charge in [0.25, 0.3) is 5.91 Å². The van der Waals surface area contributed by atoms with Gasteiger partial charge in [-0.15, -0.1) is 10.2 Å². The van der Waals surface area contributed by atoms with Gasteiger partial charge in [0.05, 0.1) is 5.92 Å². The molecule has 0 spiro atoms. The van der Waals surface area contributed by atoms with Crippen LogP contribution in [0.1, 0.15) is 78.9 Å². The second kappa shape index (κ2) is 7.78. The van der Waals surface area contributed by atoms with E-state index in [2.05, 4.69) is 10.2 Å². The maximum absolute atomic E-state index is 12.8. The first kappa shape index (κ1) is 17.5. The summed E-state index contributed by atoms with van der Waals surface area (Å²) in [5, 5.41) is 9.28. The lowest BCUT2D eigenvalue weighted by atomic mass is 9.89. The number of carbonyl (C=O) groups is 1. The van der Waals surface area contributed by atoms with Gasteiger partial charge in [-0.3, -0.25) is 4.79 Å². The third-order valence-corrected chi connectivity index (χ3v) is 5.81. The minimum absolute atomic E-state index is 0.0402. The zero-order valence-corrected chi connectivity index (χ0v) is 15.6. The van der Waals surface area contributed by atoms with Crippen LogP contribution >= 0.6 is 11.6 Å². The smallest absolute Gasteiger partial charge is 0.253 e. The lowest BCUT2D eigenvalue weighted by molar-refractivity contribution is 0.0697. The lowest BCUT2D eigenvalue weighted by Gasteiger charge is -2.31. The van der Waals surface area contributed by atoms with Gasteiger partial charge in [-0.1, -0.05) is 30.9 Å². The fourth-order valence-electron chi connectivity index (χ4n) is 4.06. The number of piperidine rings is 1. The Morgan fingerprint density at radius 1 is 0.962 bits per heavy atom. The summed E-state index contributed by atoms with van der Waals surface area (Å²) in [5.41, 5.74) is 0.670. The SMILES string of the molecule is O=C(c1ccc(Cl)cc1)N1CCCC(c2nnc(C3CCCCC3)o2)C1. The van der Waals surface area contributed by atoms with Crippen LogP contribution < -0.4 is 0 Å². The third-order valence-electron chi connectivity index (χ3n) is 5.56. The summed E-state index contributed by atoms with van der Waals surface area (Å²) in [7, 11) is 0. The van der Waals surface area contributed by atoms with Crippen molar-refractivity contribution >= 4 is 17.5 Å². The van der Waals surface area contributed by atoms with E-state index in [-0.39, 0.29) is 11.8 Å². The summed E-state index contributed by atoms with van der Waals surface area (Å²) < 4.78 is 6.03. The van der Waals surface area contributed by atoms with E-state index in [1.165, 1.54) is 19.3 Å². The molecule has 2 fully saturated rings. The van der Waals surface area contributed by atoms with Crippen LogP contribution in [0.5, 0.6) is 0 Å². The monoisotopic (exact) mass is 373 g/mol. The van der Waals surface area contributed by atoms with Gasteiger partial charge in [0, 0.05) is 29.6 Å². The number of halogens is 1. The molecule has 0 radical (unpaired) electrons. The minimum atomic E-state index is 0.0402. The standard InChI is InChI=1S/C20H24ClN3O2/c21-17-10-8-15(9-11-17)20(25)24-12-4-7-16(13-24)19-23-22-18(26-19)14-5-2-1-3-6-14/h8-11,14,16H,1-7,12-13H2. The maximum atomic E-state index is 12.8. The largest absolute Gasteiger partial charge is 0.425 e. The summed E-state index contributed by atoms with van der Waals surface area (Å²) in [6.07, 6.45) is 8.02. The Bertz CT molecular complexity index is 753. The van der Waals surface area contributed by atoms with E-state index < -0.39 is 0 Å². The van der Waals surface area contributed by atoms with E-state index in [4.69, 9.17) is 16.0 Å². The highest BCUT2D eigenvalue weighted by atomic mass is 35.5. The molecule has 1 amide bonds. The normalized spacial score (nSPS) is 21.7. The van der Waals surface area contributed by atoms with Crippen molar-refractivity contribution in [3.8, 4) is 0 Å². The summed E-state index contributed by atoms with van der Waals surface area (Å²) in [5.74, 6) is 2.07. The number of nitrogens with zero attached hydrogens (tertiary/aromatic N) is 3. The van der Waals surface area contributed by atoms with E-state index in [1.54, 1.807) is 24.3 Å². The van der Waals surface area contributed by atoms with E-state index >= 15 is 0 Å². The first-order valence-electron chi connectivity index (χ1n) is 9.59. The van der Waals surface area contributed by atoms with Crippen molar-refractivity contribution < 1.29 is 9.21 Å². The molecule has 1 aliphatic heterocycles. The van der Waals surface area contributed by atoms with Gasteiger partial charge in [-0.2, -0.15) is 0 Å². The highest BCUT2D eigenvalue weighted by Gasteiger charge is 2.30. The predicted octanol–water partition coefficient (Wildman–Crippen LogP) is 4.79. The molecule has 2 aliphatic rings. The molecule has 2 aromatic rings. The van der Waals surface area contributed by atoms with Crippen molar-refractivity contribution in [1.82, 2.24) is 15.1 Å². The summed E-state index contributed by atoms with van der Waals surface area (Å²) in [4.78, 5) is 14.6. The highest BCUT2D eigenvalue weighted by Crippen LogP contribution is 2.34. The average Bonchev–Trinajstić information content (AvgIpc) is 3.19. The molecule has 26 heavy (non-hydrogen) atoms. The second-order valence-electron chi connectivity index (χ2n) is 7.41. The Kier molecular flexibility index (Phi) is 5.25. The van der Waals surface area contributed by atoms with Crippen LogP contribution in [0.4, 0.5) is 0 Å². The number of carbonyl (C=O) groups excluding carboxylic acids is 1. The number of amides is 1. The molecule has 1 unspecified atom stereocenters. The Labute approximate surface area is 158 Å². The molecule has 1 aromatic heterocycles. The van der Waals surface area contributed by atoms with Crippen LogP contribution in [0, 0.1) is 0 Å². The Morgan fingerprint density at radius 2 is 1.62 bits per heavy atom. The molecule has 138 valence electrons. The highest BCUT2D eigenvalue weighted by molar-refractivity contribution is 6.30. The van der Waals surface area contributed by atoms with Gasteiger partial charge < -0.3 is 9.32 Å². The van der Waals surface area contributed by atoms with Crippen molar-refractivity contribution in [3.05, 3.63) is 46.6 Å². The van der Waals surface area contributed by atoms with Gasteiger partial charge in [0.15, 0.2) is 0 Å².